The molecule has 14 heavy (non-hydrogen) atoms. The van der Waals surface area contributed by atoms with Gasteiger partial charge in [0, 0.05) is 23.7 Å². The second-order valence-electron chi connectivity index (χ2n) is 2.77. The standard InChI is InChI=1S/C10H10N2S.ClH/c11-5-8-1-2-10(12-6-8)9-3-4-13-7-9;/h1-4,6-7H,5,11H2;1H. The number of hydrogen-bond donors (Lipinski definition) is 1. The number of thiophene rings is 1. The van der Waals surface area contributed by atoms with Crippen molar-refractivity contribution in [1.29, 1.82) is 0 Å². The highest BCUT2D eigenvalue weighted by molar-refractivity contribution is 7.08. The minimum absolute atomic E-state index is 0. The number of rotatable bonds is 2. The summed E-state index contributed by atoms with van der Waals surface area (Å²) in [7, 11) is 0. The lowest BCUT2D eigenvalue weighted by Gasteiger charge is -1.98. The molecular formula is C10H11ClN2S. The van der Waals surface area contributed by atoms with Gasteiger partial charge in [-0.25, -0.2) is 0 Å². The van der Waals surface area contributed by atoms with Crippen LogP contribution in [-0.4, -0.2) is 4.98 Å². The van der Waals surface area contributed by atoms with Gasteiger partial charge < -0.3 is 5.73 Å². The number of nitrogens with zero attached hydrogens (tertiary/aromatic N) is 1. The summed E-state index contributed by atoms with van der Waals surface area (Å²) < 4.78 is 0. The molecule has 2 rings (SSSR count). The van der Waals surface area contributed by atoms with E-state index in [1.807, 2.05) is 23.7 Å². The summed E-state index contributed by atoms with van der Waals surface area (Å²) in [4.78, 5) is 4.32. The highest BCUT2D eigenvalue weighted by atomic mass is 35.5. The number of halogens is 1. The van der Waals surface area contributed by atoms with Gasteiger partial charge in [-0.3, -0.25) is 4.98 Å². The largest absolute Gasteiger partial charge is 0.326 e. The van der Waals surface area contributed by atoms with Crippen molar-refractivity contribution >= 4 is 23.7 Å². The molecule has 4 heteroatoms. The van der Waals surface area contributed by atoms with Crippen LogP contribution in [-0.2, 0) is 6.54 Å². The van der Waals surface area contributed by atoms with E-state index in [9.17, 15) is 0 Å². The van der Waals surface area contributed by atoms with Gasteiger partial charge in [-0.2, -0.15) is 11.3 Å². The predicted octanol–water partition coefficient (Wildman–Crippen LogP) is 2.69. The zero-order valence-electron chi connectivity index (χ0n) is 7.51. The lowest BCUT2D eigenvalue weighted by molar-refractivity contribution is 1.05. The van der Waals surface area contributed by atoms with Crippen LogP contribution < -0.4 is 5.73 Å². The van der Waals surface area contributed by atoms with E-state index in [0.29, 0.717) is 6.54 Å². The van der Waals surface area contributed by atoms with Crippen LogP contribution >= 0.6 is 23.7 Å². The quantitative estimate of drug-likeness (QED) is 0.855. The van der Waals surface area contributed by atoms with Crippen molar-refractivity contribution < 1.29 is 0 Å². The maximum absolute atomic E-state index is 5.48. The molecule has 0 aliphatic rings. The van der Waals surface area contributed by atoms with Crippen molar-refractivity contribution in [3.63, 3.8) is 0 Å². The summed E-state index contributed by atoms with van der Waals surface area (Å²) in [6, 6.07) is 6.08. The van der Waals surface area contributed by atoms with Crippen molar-refractivity contribution in [2.45, 2.75) is 6.54 Å². The fourth-order valence-corrected chi connectivity index (χ4v) is 1.78. The number of nitrogens with two attached hydrogens (primary N) is 1. The zero-order chi connectivity index (χ0) is 9.10. The van der Waals surface area contributed by atoms with Crippen molar-refractivity contribution in [2.75, 3.05) is 0 Å². The lowest BCUT2D eigenvalue weighted by atomic mass is 10.2. The molecule has 0 aliphatic carbocycles. The molecule has 74 valence electrons. The average molecular weight is 227 g/mol. The first kappa shape index (κ1) is 11.2. The van der Waals surface area contributed by atoms with Gasteiger partial charge in [0.15, 0.2) is 0 Å². The van der Waals surface area contributed by atoms with E-state index in [0.717, 1.165) is 11.3 Å². The first-order valence-electron chi connectivity index (χ1n) is 4.08. The van der Waals surface area contributed by atoms with Crippen LogP contribution in [0.5, 0.6) is 0 Å². The van der Waals surface area contributed by atoms with Crippen LogP contribution in [0.2, 0.25) is 0 Å². The normalized spacial score (nSPS) is 9.50. The van der Waals surface area contributed by atoms with Crippen LogP contribution in [0.3, 0.4) is 0 Å². The minimum atomic E-state index is 0. The van der Waals surface area contributed by atoms with Crippen LogP contribution in [0.25, 0.3) is 11.3 Å². The second kappa shape index (κ2) is 5.10. The lowest BCUT2D eigenvalue weighted by Crippen LogP contribution is -1.96. The smallest absolute Gasteiger partial charge is 0.0710 e. The fourth-order valence-electron chi connectivity index (χ4n) is 1.13. The van der Waals surface area contributed by atoms with Crippen molar-refractivity contribution in [3.8, 4) is 11.3 Å². The fraction of sp³-hybridized carbons (Fsp3) is 0.100. The SMILES string of the molecule is Cl.NCc1ccc(-c2ccsc2)nc1. The summed E-state index contributed by atoms with van der Waals surface area (Å²) in [6.07, 6.45) is 1.83. The Kier molecular flexibility index (Phi) is 4.07. The Bertz CT molecular complexity index is 370. The van der Waals surface area contributed by atoms with Crippen LogP contribution in [0.15, 0.2) is 35.2 Å². The first-order chi connectivity index (χ1) is 6.40. The van der Waals surface area contributed by atoms with Gasteiger partial charge in [0.25, 0.3) is 0 Å². The second-order valence-corrected chi connectivity index (χ2v) is 3.55. The molecule has 0 bridgehead atoms. The molecular weight excluding hydrogens is 216 g/mol. The Hall–Kier alpha value is -0.900. The molecule has 0 atom stereocenters. The van der Waals surface area contributed by atoms with Gasteiger partial charge in [0.2, 0.25) is 0 Å². The van der Waals surface area contributed by atoms with E-state index >= 15 is 0 Å². The minimum Gasteiger partial charge on any atom is -0.326 e. The first-order valence-corrected chi connectivity index (χ1v) is 5.02. The molecule has 2 N–H and O–H groups in total. The Morgan fingerprint density at radius 1 is 1.29 bits per heavy atom. The van der Waals surface area contributed by atoms with Crippen molar-refractivity contribution in [1.82, 2.24) is 4.98 Å². The average Bonchev–Trinajstić information content (AvgIpc) is 2.71. The van der Waals surface area contributed by atoms with Gasteiger partial charge >= 0.3 is 0 Å². The molecule has 0 saturated heterocycles. The molecule has 0 unspecified atom stereocenters. The van der Waals surface area contributed by atoms with Crippen LogP contribution in [0, 0.1) is 0 Å². The summed E-state index contributed by atoms with van der Waals surface area (Å²) in [6.45, 7) is 0.552. The molecule has 0 radical (unpaired) electrons. The van der Waals surface area contributed by atoms with E-state index in [4.69, 9.17) is 5.73 Å². The highest BCUT2D eigenvalue weighted by Crippen LogP contribution is 2.19. The van der Waals surface area contributed by atoms with Crippen molar-refractivity contribution in [2.24, 2.45) is 5.73 Å². The number of aromatic nitrogens is 1. The Labute approximate surface area is 93.2 Å². The zero-order valence-corrected chi connectivity index (χ0v) is 9.15. The van der Waals surface area contributed by atoms with Crippen molar-refractivity contribution in [3.05, 3.63) is 40.7 Å². The van der Waals surface area contributed by atoms with E-state index < -0.39 is 0 Å². The summed E-state index contributed by atoms with van der Waals surface area (Å²) in [5, 5.41) is 4.14. The van der Waals surface area contributed by atoms with Crippen LogP contribution in [0.1, 0.15) is 5.56 Å². The summed E-state index contributed by atoms with van der Waals surface area (Å²) in [5.41, 5.74) is 8.74. The van der Waals surface area contributed by atoms with Crippen LogP contribution in [0.4, 0.5) is 0 Å². The van der Waals surface area contributed by atoms with E-state index in [2.05, 4.69) is 16.4 Å². The molecule has 0 amide bonds. The molecule has 0 aromatic carbocycles. The molecule has 2 heterocycles. The van der Waals surface area contributed by atoms with Gasteiger partial charge in [-0.15, -0.1) is 12.4 Å². The molecule has 2 aromatic heterocycles. The predicted molar refractivity (Wildman–Crippen MR) is 62.7 cm³/mol. The van der Waals surface area contributed by atoms with Gasteiger partial charge in [-0.1, -0.05) is 6.07 Å². The molecule has 0 fully saturated rings. The molecule has 2 aromatic rings. The third-order valence-corrected chi connectivity index (χ3v) is 2.56. The third-order valence-electron chi connectivity index (χ3n) is 1.88. The monoisotopic (exact) mass is 226 g/mol. The van der Waals surface area contributed by atoms with Gasteiger partial charge in [0.05, 0.1) is 5.69 Å². The summed E-state index contributed by atoms with van der Waals surface area (Å²) >= 11 is 1.68. The molecule has 2 nitrogen and oxygen atoms in total. The highest BCUT2D eigenvalue weighted by Gasteiger charge is 1.98. The Morgan fingerprint density at radius 3 is 2.64 bits per heavy atom. The Morgan fingerprint density at radius 2 is 2.14 bits per heavy atom. The maximum Gasteiger partial charge on any atom is 0.0710 e. The molecule has 0 aliphatic heterocycles. The third kappa shape index (κ3) is 2.32. The maximum atomic E-state index is 5.48. The Balaban J connectivity index is 0.000000980. The van der Waals surface area contributed by atoms with E-state index in [1.165, 1.54) is 5.56 Å². The molecule has 0 saturated carbocycles. The van der Waals surface area contributed by atoms with E-state index in [-0.39, 0.29) is 12.4 Å². The molecule has 0 spiro atoms. The van der Waals surface area contributed by atoms with Gasteiger partial charge in [-0.05, 0) is 23.1 Å². The topological polar surface area (TPSA) is 38.9 Å². The summed E-state index contributed by atoms with van der Waals surface area (Å²) in [5.74, 6) is 0. The number of hydrogen-bond acceptors (Lipinski definition) is 3. The van der Waals surface area contributed by atoms with E-state index in [1.54, 1.807) is 11.3 Å². The number of pyridine rings is 1. The van der Waals surface area contributed by atoms with Gasteiger partial charge in [0.1, 0.15) is 0 Å².